The molecule has 1 rings (SSSR count). The smallest absolute Gasteiger partial charge is 0.234 e. The van der Waals surface area contributed by atoms with Crippen LogP contribution >= 0.6 is 0 Å². The van der Waals surface area contributed by atoms with E-state index in [1.807, 2.05) is 0 Å². The fraction of sp³-hybridized carbons (Fsp3) is 0.929. The van der Waals surface area contributed by atoms with Gasteiger partial charge in [-0.2, -0.15) is 0 Å². The fourth-order valence-electron chi connectivity index (χ4n) is 7.03. The standard InChI is InChI=1S/C42H83N2/c1-4-7-10-13-16-19-22-24-27-30-33-36-39-44-41-40-43(38-35-32-29-26-23-20-17-14-11-8-5-2)42(44)37-34-31-28-25-21-18-15-12-9-6-3/h40-41H,4-39H2,1-3H3/q+1. The first-order chi connectivity index (χ1) is 21.8. The number of unbranched alkanes of at least 4 members (excludes halogenated alkanes) is 30. The largest absolute Gasteiger partial charge is 0.256 e. The number of hydrogen-bond acceptors (Lipinski definition) is 0. The van der Waals surface area contributed by atoms with Crippen molar-refractivity contribution in [3.63, 3.8) is 0 Å². The summed E-state index contributed by atoms with van der Waals surface area (Å²) < 4.78 is 5.28. The summed E-state index contributed by atoms with van der Waals surface area (Å²) >= 11 is 0. The summed E-state index contributed by atoms with van der Waals surface area (Å²) in [6.45, 7) is 9.41. The number of aryl methyl sites for hydroxylation is 2. The SMILES string of the molecule is CCCCCCCCCCCCCC[n+]1ccn(CCCCCCCCCCCCC)c1CCCCCCCCCCCC. The molecule has 2 nitrogen and oxygen atoms in total. The topological polar surface area (TPSA) is 8.81 Å². The van der Waals surface area contributed by atoms with E-state index in [0.717, 1.165) is 0 Å². The van der Waals surface area contributed by atoms with Crippen molar-refractivity contribution < 1.29 is 4.57 Å². The molecule has 0 aliphatic carbocycles. The molecule has 0 saturated carbocycles. The Hall–Kier alpha value is -0.790. The summed E-state index contributed by atoms with van der Waals surface area (Å²) in [7, 11) is 0. The number of aromatic nitrogens is 2. The van der Waals surface area contributed by atoms with Crippen LogP contribution in [0.15, 0.2) is 12.4 Å². The molecule has 0 unspecified atom stereocenters. The second-order valence-electron chi connectivity index (χ2n) is 14.5. The van der Waals surface area contributed by atoms with Crippen molar-refractivity contribution in [2.75, 3.05) is 0 Å². The first-order valence-corrected chi connectivity index (χ1v) is 20.9. The predicted molar refractivity (Wildman–Crippen MR) is 198 cm³/mol. The van der Waals surface area contributed by atoms with E-state index in [1.54, 1.807) is 5.82 Å². The molecule has 0 aliphatic rings. The summed E-state index contributed by atoms with van der Waals surface area (Å²) in [6, 6.07) is 0. The van der Waals surface area contributed by atoms with Gasteiger partial charge in [0, 0.05) is 6.42 Å². The molecule has 0 N–H and O–H groups in total. The van der Waals surface area contributed by atoms with E-state index >= 15 is 0 Å². The van der Waals surface area contributed by atoms with Gasteiger partial charge in [0.15, 0.2) is 0 Å². The Kier molecular flexibility index (Phi) is 31.5. The molecule has 0 amide bonds. The lowest BCUT2D eigenvalue weighted by Gasteiger charge is -2.07. The molecule has 0 bridgehead atoms. The normalized spacial score (nSPS) is 11.6. The molecule has 260 valence electrons. The predicted octanol–water partition coefficient (Wildman–Crippen LogP) is 14.3. The Morgan fingerprint density at radius 3 is 1.09 bits per heavy atom. The average Bonchev–Trinajstić information content (AvgIpc) is 3.42. The highest BCUT2D eigenvalue weighted by Crippen LogP contribution is 2.15. The molecule has 0 atom stereocenters. The van der Waals surface area contributed by atoms with Crippen LogP contribution in [0.1, 0.15) is 238 Å². The van der Waals surface area contributed by atoms with Gasteiger partial charge in [0.1, 0.15) is 12.4 Å². The summed E-state index contributed by atoms with van der Waals surface area (Å²) in [5.74, 6) is 1.62. The molecule has 1 aromatic rings. The molecule has 0 aromatic carbocycles. The van der Waals surface area contributed by atoms with Gasteiger partial charge in [0.25, 0.3) is 5.82 Å². The van der Waals surface area contributed by atoms with Crippen LogP contribution in [0.4, 0.5) is 0 Å². The van der Waals surface area contributed by atoms with Crippen LogP contribution < -0.4 is 4.57 Å². The third-order valence-corrected chi connectivity index (χ3v) is 10.1. The summed E-state index contributed by atoms with van der Waals surface area (Å²) in [4.78, 5) is 0. The van der Waals surface area contributed by atoms with E-state index in [2.05, 4.69) is 42.3 Å². The number of nitrogens with zero attached hydrogens (tertiary/aromatic N) is 2. The van der Waals surface area contributed by atoms with Crippen molar-refractivity contribution in [1.29, 1.82) is 0 Å². The van der Waals surface area contributed by atoms with E-state index in [0.29, 0.717) is 0 Å². The van der Waals surface area contributed by atoms with Crippen LogP contribution in [-0.2, 0) is 19.5 Å². The molecule has 44 heavy (non-hydrogen) atoms. The second-order valence-corrected chi connectivity index (χ2v) is 14.5. The van der Waals surface area contributed by atoms with Crippen LogP contribution in [0.3, 0.4) is 0 Å². The summed E-state index contributed by atoms with van der Waals surface area (Å²) in [5.41, 5.74) is 0. The van der Waals surface area contributed by atoms with Gasteiger partial charge in [-0.15, -0.1) is 0 Å². The van der Waals surface area contributed by atoms with Gasteiger partial charge >= 0.3 is 0 Å². The van der Waals surface area contributed by atoms with Crippen molar-refractivity contribution in [2.24, 2.45) is 0 Å². The van der Waals surface area contributed by atoms with Crippen molar-refractivity contribution in [3.05, 3.63) is 18.2 Å². The lowest BCUT2D eigenvalue weighted by atomic mass is 10.1. The Bertz CT molecular complexity index is 677. The quantitative estimate of drug-likeness (QED) is 0.0524. The third kappa shape index (κ3) is 25.4. The molecule has 0 radical (unpaired) electrons. The maximum Gasteiger partial charge on any atom is 0.256 e. The van der Waals surface area contributed by atoms with Crippen LogP contribution in [0.5, 0.6) is 0 Å². The van der Waals surface area contributed by atoms with Crippen LogP contribution in [0.25, 0.3) is 0 Å². The van der Waals surface area contributed by atoms with Gasteiger partial charge < -0.3 is 0 Å². The molecule has 1 aromatic heterocycles. The number of rotatable bonds is 36. The van der Waals surface area contributed by atoms with E-state index in [-0.39, 0.29) is 0 Å². The number of imidazole rings is 1. The Balaban J connectivity index is 2.30. The zero-order chi connectivity index (χ0) is 31.6. The fourth-order valence-corrected chi connectivity index (χ4v) is 7.03. The third-order valence-electron chi connectivity index (χ3n) is 10.1. The maximum atomic E-state index is 2.64. The Morgan fingerprint density at radius 1 is 0.386 bits per heavy atom. The molecule has 1 heterocycles. The second kappa shape index (κ2) is 33.6. The minimum Gasteiger partial charge on any atom is -0.234 e. The monoisotopic (exact) mass is 616 g/mol. The lowest BCUT2D eigenvalue weighted by molar-refractivity contribution is -0.704. The Labute approximate surface area is 279 Å². The number of hydrogen-bond donors (Lipinski definition) is 0. The highest BCUT2D eigenvalue weighted by molar-refractivity contribution is 4.84. The van der Waals surface area contributed by atoms with Gasteiger partial charge in [-0.25, -0.2) is 9.13 Å². The highest BCUT2D eigenvalue weighted by atomic mass is 15.1. The van der Waals surface area contributed by atoms with E-state index in [1.165, 1.54) is 231 Å². The summed E-state index contributed by atoms with van der Waals surface area (Å²) in [6.07, 6.45) is 53.4. The first kappa shape index (κ1) is 41.2. The summed E-state index contributed by atoms with van der Waals surface area (Å²) in [5, 5.41) is 0. The molecule has 0 aliphatic heterocycles. The molecule has 2 heteroatoms. The average molecular weight is 616 g/mol. The van der Waals surface area contributed by atoms with Crippen LogP contribution in [0, 0.1) is 0 Å². The maximum absolute atomic E-state index is 2.64. The van der Waals surface area contributed by atoms with E-state index < -0.39 is 0 Å². The zero-order valence-corrected chi connectivity index (χ0v) is 31.0. The van der Waals surface area contributed by atoms with E-state index in [9.17, 15) is 0 Å². The first-order valence-electron chi connectivity index (χ1n) is 20.9. The molecule has 0 saturated heterocycles. The molecule has 0 spiro atoms. The van der Waals surface area contributed by atoms with Gasteiger partial charge in [-0.05, 0) is 32.1 Å². The van der Waals surface area contributed by atoms with E-state index in [4.69, 9.17) is 0 Å². The van der Waals surface area contributed by atoms with Gasteiger partial charge in [0.05, 0.1) is 13.1 Å². The minimum atomic E-state index is 1.23. The highest BCUT2D eigenvalue weighted by Gasteiger charge is 2.16. The van der Waals surface area contributed by atoms with Crippen molar-refractivity contribution in [1.82, 2.24) is 4.57 Å². The Morgan fingerprint density at radius 2 is 0.705 bits per heavy atom. The molecular formula is C42H83N2+. The molecule has 0 fully saturated rings. The van der Waals surface area contributed by atoms with Crippen LogP contribution in [0.2, 0.25) is 0 Å². The van der Waals surface area contributed by atoms with Crippen LogP contribution in [-0.4, -0.2) is 4.57 Å². The van der Waals surface area contributed by atoms with Gasteiger partial charge in [-0.3, -0.25) is 0 Å². The minimum absolute atomic E-state index is 1.23. The lowest BCUT2D eigenvalue weighted by Crippen LogP contribution is -2.37. The van der Waals surface area contributed by atoms with Crippen molar-refractivity contribution >= 4 is 0 Å². The van der Waals surface area contributed by atoms with Gasteiger partial charge in [0.2, 0.25) is 0 Å². The van der Waals surface area contributed by atoms with Gasteiger partial charge in [-0.1, -0.05) is 201 Å². The zero-order valence-electron chi connectivity index (χ0n) is 31.0. The van der Waals surface area contributed by atoms with Crippen molar-refractivity contribution in [2.45, 2.75) is 252 Å². The van der Waals surface area contributed by atoms with Crippen molar-refractivity contribution in [3.8, 4) is 0 Å². The molecular weight excluding hydrogens is 532 g/mol.